The number of rotatable bonds is 2. The third-order valence-electron chi connectivity index (χ3n) is 3.83. The summed E-state index contributed by atoms with van der Waals surface area (Å²) in [6.07, 6.45) is 0. The van der Waals surface area contributed by atoms with Crippen LogP contribution in [0.5, 0.6) is 5.75 Å². The Labute approximate surface area is 120 Å². The van der Waals surface area contributed by atoms with Crippen molar-refractivity contribution in [1.82, 2.24) is 0 Å². The molecule has 0 saturated carbocycles. The first-order chi connectivity index (χ1) is 9.45. The molecule has 0 amide bonds. The smallest absolute Gasteiger partial charge is 0.128 e. The van der Waals surface area contributed by atoms with Crippen molar-refractivity contribution < 1.29 is 4.74 Å². The average molecular weight is 267 g/mol. The second-order valence-corrected chi connectivity index (χ2v) is 6.20. The number of nitrogens with one attached hydrogen (secondary N) is 1. The largest absolute Gasteiger partial charge is 0.485 e. The van der Waals surface area contributed by atoms with Crippen molar-refractivity contribution in [2.75, 3.05) is 5.32 Å². The van der Waals surface area contributed by atoms with Gasteiger partial charge in [0.2, 0.25) is 0 Å². The van der Waals surface area contributed by atoms with Gasteiger partial charge in [-0.3, -0.25) is 0 Å². The van der Waals surface area contributed by atoms with E-state index in [1.807, 2.05) is 12.1 Å². The van der Waals surface area contributed by atoms with Gasteiger partial charge in [-0.1, -0.05) is 24.3 Å². The molecule has 1 N–H and O–H groups in total. The highest BCUT2D eigenvalue weighted by Gasteiger charge is 2.40. The van der Waals surface area contributed by atoms with E-state index in [9.17, 15) is 0 Å². The van der Waals surface area contributed by atoms with Crippen LogP contribution in [0, 0.1) is 13.8 Å². The summed E-state index contributed by atoms with van der Waals surface area (Å²) in [7, 11) is 0. The monoisotopic (exact) mass is 267 g/mol. The van der Waals surface area contributed by atoms with Crippen LogP contribution >= 0.6 is 0 Å². The molecule has 2 nitrogen and oxygen atoms in total. The van der Waals surface area contributed by atoms with Crippen LogP contribution < -0.4 is 10.1 Å². The van der Waals surface area contributed by atoms with Gasteiger partial charge in [0, 0.05) is 11.3 Å². The minimum atomic E-state index is -0.249. The first-order valence-electron chi connectivity index (χ1n) is 7.08. The van der Waals surface area contributed by atoms with Gasteiger partial charge in [-0.25, -0.2) is 0 Å². The maximum Gasteiger partial charge on any atom is 0.128 e. The first kappa shape index (κ1) is 13.0. The van der Waals surface area contributed by atoms with Crippen LogP contribution in [0.2, 0.25) is 0 Å². The summed E-state index contributed by atoms with van der Waals surface area (Å²) in [4.78, 5) is 0. The highest BCUT2D eigenvalue weighted by molar-refractivity contribution is 5.54. The molecule has 0 fully saturated rings. The maximum absolute atomic E-state index is 6.08. The fourth-order valence-electron chi connectivity index (χ4n) is 3.01. The molecule has 20 heavy (non-hydrogen) atoms. The van der Waals surface area contributed by atoms with E-state index < -0.39 is 0 Å². The molecule has 3 rings (SSSR count). The van der Waals surface area contributed by atoms with Crippen LogP contribution in [0.1, 0.15) is 36.6 Å². The molecule has 0 aliphatic carbocycles. The van der Waals surface area contributed by atoms with Crippen molar-refractivity contribution in [1.29, 1.82) is 0 Å². The van der Waals surface area contributed by atoms with Gasteiger partial charge < -0.3 is 10.1 Å². The number of hydrogen-bond acceptors (Lipinski definition) is 2. The van der Waals surface area contributed by atoms with E-state index >= 15 is 0 Å². The molecule has 0 saturated heterocycles. The van der Waals surface area contributed by atoms with E-state index in [4.69, 9.17) is 4.74 Å². The van der Waals surface area contributed by atoms with Gasteiger partial charge >= 0.3 is 0 Å². The second kappa shape index (κ2) is 4.55. The maximum atomic E-state index is 6.08. The summed E-state index contributed by atoms with van der Waals surface area (Å²) in [5.41, 5.74) is 4.69. The average Bonchev–Trinajstić information content (AvgIpc) is 2.59. The Morgan fingerprint density at radius 2 is 1.65 bits per heavy atom. The van der Waals surface area contributed by atoms with Crippen LogP contribution in [0.15, 0.2) is 42.5 Å². The van der Waals surface area contributed by atoms with E-state index in [1.165, 1.54) is 16.7 Å². The molecule has 104 valence electrons. The van der Waals surface area contributed by atoms with Gasteiger partial charge in [0.25, 0.3) is 0 Å². The van der Waals surface area contributed by atoms with Gasteiger partial charge in [-0.15, -0.1) is 0 Å². The summed E-state index contributed by atoms with van der Waals surface area (Å²) >= 11 is 0. The number of para-hydroxylation sites is 1. The highest BCUT2D eigenvalue weighted by atomic mass is 16.5. The predicted octanol–water partition coefficient (Wildman–Crippen LogP) is 4.63. The lowest BCUT2D eigenvalue weighted by Gasteiger charge is -2.28. The molecule has 2 aromatic rings. The predicted molar refractivity (Wildman–Crippen MR) is 83.4 cm³/mol. The van der Waals surface area contributed by atoms with Crippen molar-refractivity contribution in [3.05, 3.63) is 59.2 Å². The number of fused-ring (bicyclic) bond motifs is 1. The van der Waals surface area contributed by atoms with E-state index in [1.54, 1.807) is 0 Å². The van der Waals surface area contributed by atoms with Crippen LogP contribution in [-0.2, 0) is 0 Å². The van der Waals surface area contributed by atoms with E-state index in [-0.39, 0.29) is 11.6 Å². The zero-order valence-electron chi connectivity index (χ0n) is 12.5. The molecular weight excluding hydrogens is 246 g/mol. The van der Waals surface area contributed by atoms with Gasteiger partial charge in [-0.05, 0) is 57.0 Å². The normalized spacial score (nSPS) is 19.3. The highest BCUT2D eigenvalue weighted by Crippen LogP contribution is 2.44. The Morgan fingerprint density at radius 3 is 2.35 bits per heavy atom. The van der Waals surface area contributed by atoms with E-state index in [2.05, 4.69) is 63.3 Å². The molecule has 1 unspecified atom stereocenters. The van der Waals surface area contributed by atoms with Crippen molar-refractivity contribution in [2.45, 2.75) is 39.3 Å². The molecule has 0 bridgehead atoms. The summed E-state index contributed by atoms with van der Waals surface area (Å²) < 4.78 is 6.08. The minimum absolute atomic E-state index is 0.167. The third kappa shape index (κ3) is 2.26. The van der Waals surface area contributed by atoms with E-state index in [0.717, 1.165) is 11.4 Å². The van der Waals surface area contributed by atoms with Gasteiger partial charge in [-0.2, -0.15) is 0 Å². The zero-order chi connectivity index (χ0) is 14.3. The van der Waals surface area contributed by atoms with Crippen LogP contribution in [0.4, 0.5) is 5.69 Å². The number of ether oxygens (including phenoxy) is 1. The first-order valence-corrected chi connectivity index (χ1v) is 7.08. The lowest BCUT2D eigenvalue weighted by atomic mass is 9.94. The summed E-state index contributed by atoms with van der Waals surface area (Å²) in [5, 5.41) is 3.64. The Kier molecular flexibility index (Phi) is 2.97. The topological polar surface area (TPSA) is 21.3 Å². The molecule has 1 atom stereocenters. The van der Waals surface area contributed by atoms with Crippen LogP contribution in [0.3, 0.4) is 0 Å². The van der Waals surface area contributed by atoms with Crippen molar-refractivity contribution in [3.63, 3.8) is 0 Å². The Bertz CT molecular complexity index is 625. The number of hydrogen-bond donors (Lipinski definition) is 1. The number of benzene rings is 2. The SMILES string of the molecule is Cc1cc(C)cc(NC2c3ccccc3OC2(C)C)c1. The number of anilines is 1. The molecule has 1 heterocycles. The molecule has 1 aliphatic rings. The number of aryl methyl sites for hydroxylation is 2. The fourth-order valence-corrected chi connectivity index (χ4v) is 3.01. The fraction of sp³-hybridized carbons (Fsp3) is 0.333. The Morgan fingerprint density at radius 1 is 1.00 bits per heavy atom. The molecule has 1 aliphatic heterocycles. The summed E-state index contributed by atoms with van der Waals surface area (Å²) in [6, 6.07) is 15.0. The lowest BCUT2D eigenvalue weighted by Crippen LogP contribution is -2.34. The summed E-state index contributed by atoms with van der Waals surface area (Å²) in [5.74, 6) is 0.986. The Hall–Kier alpha value is -1.96. The van der Waals surface area contributed by atoms with Crippen molar-refractivity contribution in [3.8, 4) is 5.75 Å². The molecule has 0 spiro atoms. The minimum Gasteiger partial charge on any atom is -0.485 e. The molecule has 2 heteroatoms. The lowest BCUT2D eigenvalue weighted by molar-refractivity contribution is 0.118. The van der Waals surface area contributed by atoms with E-state index in [0.29, 0.717) is 0 Å². The molecule has 2 aromatic carbocycles. The quantitative estimate of drug-likeness (QED) is 0.856. The van der Waals surface area contributed by atoms with Crippen LogP contribution in [0.25, 0.3) is 0 Å². The standard InChI is InChI=1S/C18H21NO/c1-12-9-13(2)11-14(10-12)19-17-15-7-5-6-8-16(15)20-18(17,3)4/h5-11,17,19H,1-4H3. The third-order valence-corrected chi connectivity index (χ3v) is 3.83. The van der Waals surface area contributed by atoms with Crippen molar-refractivity contribution in [2.24, 2.45) is 0 Å². The second-order valence-electron chi connectivity index (χ2n) is 6.20. The van der Waals surface area contributed by atoms with Gasteiger partial charge in [0.05, 0.1) is 6.04 Å². The zero-order valence-corrected chi connectivity index (χ0v) is 12.5. The van der Waals surface area contributed by atoms with Crippen molar-refractivity contribution >= 4 is 5.69 Å². The molecular formula is C18H21NO. The van der Waals surface area contributed by atoms with Gasteiger partial charge in [0.15, 0.2) is 0 Å². The molecule has 0 aromatic heterocycles. The van der Waals surface area contributed by atoms with Crippen LogP contribution in [-0.4, -0.2) is 5.60 Å². The molecule has 0 radical (unpaired) electrons. The Balaban J connectivity index is 1.97. The van der Waals surface area contributed by atoms with Gasteiger partial charge in [0.1, 0.15) is 11.4 Å². The summed E-state index contributed by atoms with van der Waals surface area (Å²) in [6.45, 7) is 8.52.